The van der Waals surface area contributed by atoms with Gasteiger partial charge in [0, 0.05) is 0 Å². The van der Waals surface area contributed by atoms with E-state index in [0.29, 0.717) is 16.9 Å². The van der Waals surface area contributed by atoms with Crippen molar-refractivity contribution in [3.05, 3.63) is 28.8 Å². The van der Waals surface area contributed by atoms with E-state index in [9.17, 15) is 0 Å². The Morgan fingerprint density at radius 2 is 1.93 bits per heavy atom. The maximum atomic E-state index is 6.09. The molecule has 0 radical (unpaired) electrons. The summed E-state index contributed by atoms with van der Waals surface area (Å²) in [4.78, 5) is 0. The van der Waals surface area contributed by atoms with Crippen LogP contribution in [0.2, 0.25) is 5.02 Å². The monoisotopic (exact) mass is 226 g/mol. The van der Waals surface area contributed by atoms with Crippen LogP contribution in [0.5, 0.6) is 5.75 Å². The minimum Gasteiger partial charge on any atom is -0.495 e. The van der Waals surface area contributed by atoms with Crippen molar-refractivity contribution in [3.8, 4) is 5.75 Å². The number of ether oxygens (including phenoxy) is 1. The van der Waals surface area contributed by atoms with Gasteiger partial charge in [-0.3, -0.25) is 0 Å². The van der Waals surface area contributed by atoms with Crippen molar-refractivity contribution in [1.82, 2.24) is 0 Å². The zero-order valence-electron chi connectivity index (χ0n) is 9.88. The number of rotatable bonds is 4. The van der Waals surface area contributed by atoms with Crippen molar-refractivity contribution in [1.29, 1.82) is 0 Å². The molecule has 0 bridgehead atoms. The summed E-state index contributed by atoms with van der Waals surface area (Å²) in [5, 5.41) is 0.700. The lowest BCUT2D eigenvalue weighted by Gasteiger charge is -2.15. The first kappa shape index (κ1) is 12.4. The minimum atomic E-state index is 0.549. The maximum Gasteiger partial charge on any atom is 0.137 e. The van der Waals surface area contributed by atoms with Gasteiger partial charge in [-0.05, 0) is 36.0 Å². The van der Waals surface area contributed by atoms with E-state index in [-0.39, 0.29) is 0 Å². The van der Waals surface area contributed by atoms with E-state index in [1.165, 1.54) is 12.0 Å². The lowest BCUT2D eigenvalue weighted by Crippen LogP contribution is -1.99. The second-order valence-corrected chi connectivity index (χ2v) is 4.83. The number of halogens is 1. The fourth-order valence-electron chi connectivity index (χ4n) is 1.83. The third-order valence-electron chi connectivity index (χ3n) is 2.57. The minimum absolute atomic E-state index is 0.549. The lowest BCUT2D eigenvalue weighted by molar-refractivity contribution is 0.414. The second-order valence-electron chi connectivity index (χ2n) is 4.42. The van der Waals surface area contributed by atoms with E-state index in [1.807, 2.05) is 12.1 Å². The molecule has 84 valence electrons. The molecule has 1 unspecified atom stereocenters. The molecule has 0 spiro atoms. The zero-order valence-corrected chi connectivity index (χ0v) is 10.6. The van der Waals surface area contributed by atoms with E-state index >= 15 is 0 Å². The first-order valence-corrected chi connectivity index (χ1v) is 5.75. The van der Waals surface area contributed by atoms with Crippen LogP contribution in [0.1, 0.15) is 38.7 Å². The Kier molecular flexibility index (Phi) is 4.46. The van der Waals surface area contributed by atoms with Crippen molar-refractivity contribution in [3.63, 3.8) is 0 Å². The normalized spacial score (nSPS) is 12.9. The molecule has 0 saturated heterocycles. The Hall–Kier alpha value is -0.690. The molecule has 0 aromatic heterocycles. The third kappa shape index (κ3) is 3.42. The summed E-state index contributed by atoms with van der Waals surface area (Å²) in [5.41, 5.74) is 1.29. The quantitative estimate of drug-likeness (QED) is 0.735. The van der Waals surface area contributed by atoms with E-state index in [2.05, 4.69) is 26.8 Å². The van der Waals surface area contributed by atoms with Crippen molar-refractivity contribution < 1.29 is 4.74 Å². The molecule has 2 heteroatoms. The van der Waals surface area contributed by atoms with Gasteiger partial charge in [-0.2, -0.15) is 0 Å². The standard InChI is InChI=1S/C13H19ClO/c1-9(2)7-10(3)11-5-6-13(15-4)12(14)8-11/h5-6,8-10H,7H2,1-4H3. The average molecular weight is 227 g/mol. The molecule has 1 atom stereocenters. The average Bonchev–Trinajstić information content (AvgIpc) is 2.16. The summed E-state index contributed by atoms with van der Waals surface area (Å²) in [7, 11) is 1.64. The van der Waals surface area contributed by atoms with Crippen LogP contribution in [0.15, 0.2) is 18.2 Å². The van der Waals surface area contributed by atoms with Gasteiger partial charge in [0.2, 0.25) is 0 Å². The Morgan fingerprint density at radius 1 is 1.27 bits per heavy atom. The van der Waals surface area contributed by atoms with Crippen LogP contribution in [0.25, 0.3) is 0 Å². The summed E-state index contributed by atoms with van der Waals surface area (Å²) < 4.78 is 5.13. The van der Waals surface area contributed by atoms with Crippen LogP contribution in [0, 0.1) is 5.92 Å². The molecule has 0 aliphatic carbocycles. The molecule has 0 heterocycles. The highest BCUT2D eigenvalue weighted by Crippen LogP contribution is 2.30. The fraction of sp³-hybridized carbons (Fsp3) is 0.538. The molecule has 0 aliphatic rings. The highest BCUT2D eigenvalue weighted by atomic mass is 35.5. The van der Waals surface area contributed by atoms with Crippen molar-refractivity contribution in [2.75, 3.05) is 7.11 Å². The van der Waals surface area contributed by atoms with Gasteiger partial charge < -0.3 is 4.74 Å². The van der Waals surface area contributed by atoms with E-state index in [0.717, 1.165) is 5.75 Å². The van der Waals surface area contributed by atoms with Crippen LogP contribution in [0.3, 0.4) is 0 Å². The smallest absolute Gasteiger partial charge is 0.137 e. The Labute approximate surface area is 97.4 Å². The second kappa shape index (κ2) is 5.41. The largest absolute Gasteiger partial charge is 0.495 e. The molecule has 0 aliphatic heterocycles. The van der Waals surface area contributed by atoms with Crippen LogP contribution in [-0.4, -0.2) is 7.11 Å². The van der Waals surface area contributed by atoms with Gasteiger partial charge in [-0.25, -0.2) is 0 Å². The van der Waals surface area contributed by atoms with Gasteiger partial charge in [0.25, 0.3) is 0 Å². The van der Waals surface area contributed by atoms with Crippen LogP contribution in [-0.2, 0) is 0 Å². The summed E-state index contributed by atoms with van der Waals surface area (Å²) in [5.74, 6) is 2.01. The van der Waals surface area contributed by atoms with E-state index in [1.54, 1.807) is 7.11 Å². The molecule has 15 heavy (non-hydrogen) atoms. The summed E-state index contributed by atoms with van der Waals surface area (Å²) >= 11 is 6.09. The molecule has 1 nitrogen and oxygen atoms in total. The predicted molar refractivity (Wildman–Crippen MR) is 65.9 cm³/mol. The Bertz CT molecular complexity index is 320. The molecule has 0 amide bonds. The van der Waals surface area contributed by atoms with Gasteiger partial charge in [-0.15, -0.1) is 0 Å². The van der Waals surface area contributed by atoms with Gasteiger partial charge >= 0.3 is 0 Å². The molecule has 1 rings (SSSR count). The number of benzene rings is 1. The number of hydrogen-bond donors (Lipinski definition) is 0. The fourth-order valence-corrected chi connectivity index (χ4v) is 2.10. The molecule has 0 N–H and O–H groups in total. The SMILES string of the molecule is COc1ccc(C(C)CC(C)C)cc1Cl. The molecular formula is C13H19ClO. The Balaban J connectivity index is 2.82. The Morgan fingerprint density at radius 3 is 2.40 bits per heavy atom. The first-order valence-electron chi connectivity index (χ1n) is 5.38. The van der Waals surface area contributed by atoms with Crippen molar-refractivity contribution >= 4 is 11.6 Å². The highest BCUT2D eigenvalue weighted by Gasteiger charge is 2.10. The molecule has 0 fully saturated rings. The number of methoxy groups -OCH3 is 1. The van der Waals surface area contributed by atoms with Gasteiger partial charge in [-0.1, -0.05) is 38.4 Å². The molecular weight excluding hydrogens is 208 g/mol. The van der Waals surface area contributed by atoms with Gasteiger partial charge in [0.15, 0.2) is 0 Å². The van der Waals surface area contributed by atoms with Crippen molar-refractivity contribution in [2.24, 2.45) is 5.92 Å². The highest BCUT2D eigenvalue weighted by molar-refractivity contribution is 6.32. The van der Waals surface area contributed by atoms with Crippen LogP contribution in [0.4, 0.5) is 0 Å². The lowest BCUT2D eigenvalue weighted by atomic mass is 9.92. The molecule has 1 aromatic carbocycles. The van der Waals surface area contributed by atoms with Crippen LogP contribution < -0.4 is 4.74 Å². The number of hydrogen-bond acceptors (Lipinski definition) is 1. The van der Waals surface area contributed by atoms with E-state index in [4.69, 9.17) is 16.3 Å². The van der Waals surface area contributed by atoms with Crippen LogP contribution >= 0.6 is 11.6 Å². The zero-order chi connectivity index (χ0) is 11.4. The van der Waals surface area contributed by atoms with Gasteiger partial charge in [0.05, 0.1) is 12.1 Å². The third-order valence-corrected chi connectivity index (χ3v) is 2.87. The summed E-state index contributed by atoms with van der Waals surface area (Å²) in [6, 6.07) is 6.04. The maximum absolute atomic E-state index is 6.09. The summed E-state index contributed by atoms with van der Waals surface area (Å²) in [6.45, 7) is 6.71. The molecule has 1 aromatic rings. The van der Waals surface area contributed by atoms with Crippen molar-refractivity contribution in [2.45, 2.75) is 33.1 Å². The van der Waals surface area contributed by atoms with Gasteiger partial charge in [0.1, 0.15) is 5.75 Å². The first-order chi connectivity index (χ1) is 7.04. The predicted octanol–water partition coefficient (Wildman–Crippen LogP) is 4.50. The van der Waals surface area contributed by atoms with E-state index < -0.39 is 0 Å². The molecule has 0 saturated carbocycles. The summed E-state index contributed by atoms with van der Waals surface area (Å²) in [6.07, 6.45) is 1.18. The topological polar surface area (TPSA) is 9.23 Å².